The minimum atomic E-state index is -1.30. The molecule has 0 radical (unpaired) electrons. The van der Waals surface area contributed by atoms with Crippen molar-refractivity contribution < 1.29 is 5.11 Å². The summed E-state index contributed by atoms with van der Waals surface area (Å²) in [7, 11) is -1.30. The number of phenolic OH excluding ortho intramolecular Hbond substituents is 1. The van der Waals surface area contributed by atoms with Crippen LogP contribution in [0.4, 0.5) is 0 Å². The SMILES string of the molecule is CCCCC[Si@]1(c2ccccc2)CC[C@H](C2CCC(c3ccc(O)cc3)CC2)CC1. The lowest BCUT2D eigenvalue weighted by Crippen LogP contribution is -2.50. The Balaban J connectivity index is 1.34. The molecular formula is C28H40OSi. The summed E-state index contributed by atoms with van der Waals surface area (Å²) < 4.78 is 0. The van der Waals surface area contributed by atoms with Crippen LogP contribution >= 0.6 is 0 Å². The van der Waals surface area contributed by atoms with E-state index < -0.39 is 8.07 Å². The molecule has 1 N–H and O–H groups in total. The first-order valence-electron chi connectivity index (χ1n) is 12.5. The highest BCUT2D eigenvalue weighted by molar-refractivity contribution is 6.92. The average Bonchev–Trinajstić information content (AvgIpc) is 2.81. The van der Waals surface area contributed by atoms with Crippen LogP contribution in [-0.2, 0) is 0 Å². The maximum Gasteiger partial charge on any atom is 0.115 e. The highest BCUT2D eigenvalue weighted by atomic mass is 28.3. The van der Waals surface area contributed by atoms with Gasteiger partial charge in [0.15, 0.2) is 0 Å². The van der Waals surface area contributed by atoms with Crippen molar-refractivity contribution in [2.45, 2.75) is 88.8 Å². The molecule has 0 spiro atoms. The monoisotopic (exact) mass is 420 g/mol. The van der Waals surface area contributed by atoms with Crippen molar-refractivity contribution in [1.29, 1.82) is 0 Å². The smallest absolute Gasteiger partial charge is 0.115 e. The highest BCUT2D eigenvalue weighted by Gasteiger charge is 2.40. The van der Waals surface area contributed by atoms with Crippen LogP contribution in [0.25, 0.3) is 0 Å². The summed E-state index contributed by atoms with van der Waals surface area (Å²) in [5.74, 6) is 3.02. The highest BCUT2D eigenvalue weighted by Crippen LogP contribution is 2.46. The van der Waals surface area contributed by atoms with E-state index in [2.05, 4.69) is 49.4 Å². The molecular weight excluding hydrogens is 380 g/mol. The van der Waals surface area contributed by atoms with E-state index in [0.717, 1.165) is 11.8 Å². The predicted molar refractivity (Wildman–Crippen MR) is 131 cm³/mol. The molecule has 2 aliphatic rings. The Morgan fingerprint density at radius 3 is 2.03 bits per heavy atom. The van der Waals surface area contributed by atoms with Crippen molar-refractivity contribution in [3.63, 3.8) is 0 Å². The van der Waals surface area contributed by atoms with Gasteiger partial charge in [-0.15, -0.1) is 0 Å². The third-order valence-corrected chi connectivity index (χ3v) is 13.8. The molecule has 30 heavy (non-hydrogen) atoms. The number of unbranched alkanes of at least 4 members (excludes halogenated alkanes) is 2. The van der Waals surface area contributed by atoms with E-state index in [0.29, 0.717) is 11.7 Å². The van der Waals surface area contributed by atoms with Gasteiger partial charge in [0.05, 0.1) is 8.07 Å². The van der Waals surface area contributed by atoms with Crippen LogP contribution in [0.1, 0.15) is 76.2 Å². The average molecular weight is 421 g/mol. The molecule has 0 aromatic heterocycles. The van der Waals surface area contributed by atoms with E-state index >= 15 is 0 Å². The van der Waals surface area contributed by atoms with Gasteiger partial charge in [0.25, 0.3) is 0 Å². The lowest BCUT2D eigenvalue weighted by atomic mass is 9.72. The minimum absolute atomic E-state index is 0.389. The van der Waals surface area contributed by atoms with Crippen molar-refractivity contribution in [3.05, 3.63) is 60.2 Å². The van der Waals surface area contributed by atoms with Crippen LogP contribution in [0, 0.1) is 11.8 Å². The van der Waals surface area contributed by atoms with E-state index in [1.165, 1.54) is 81.5 Å². The van der Waals surface area contributed by atoms with Gasteiger partial charge in [-0.2, -0.15) is 0 Å². The summed E-state index contributed by atoms with van der Waals surface area (Å²) in [5, 5.41) is 11.3. The molecule has 1 aliphatic heterocycles. The predicted octanol–water partition coefficient (Wildman–Crippen LogP) is 7.62. The molecule has 1 saturated carbocycles. The van der Waals surface area contributed by atoms with Gasteiger partial charge < -0.3 is 5.11 Å². The Kier molecular flexibility index (Phi) is 7.35. The molecule has 1 saturated heterocycles. The number of aromatic hydroxyl groups is 1. The third-order valence-electron chi connectivity index (χ3n) is 8.44. The van der Waals surface area contributed by atoms with Crippen LogP contribution in [0.3, 0.4) is 0 Å². The Morgan fingerprint density at radius 1 is 0.767 bits per heavy atom. The van der Waals surface area contributed by atoms with Gasteiger partial charge >= 0.3 is 0 Å². The van der Waals surface area contributed by atoms with E-state index in [4.69, 9.17) is 0 Å². The Labute approximate surface area is 184 Å². The third kappa shape index (κ3) is 5.02. The van der Waals surface area contributed by atoms with Crippen LogP contribution < -0.4 is 5.19 Å². The number of phenols is 1. The summed E-state index contributed by atoms with van der Waals surface area (Å²) in [5.41, 5.74) is 1.43. The zero-order valence-electron chi connectivity index (χ0n) is 18.9. The minimum Gasteiger partial charge on any atom is -0.508 e. The molecule has 4 rings (SSSR count). The van der Waals surface area contributed by atoms with E-state index in [1.807, 2.05) is 12.1 Å². The number of hydrogen-bond donors (Lipinski definition) is 1. The first kappa shape index (κ1) is 21.7. The quantitative estimate of drug-likeness (QED) is 0.361. The number of rotatable bonds is 7. The lowest BCUT2D eigenvalue weighted by molar-refractivity contribution is 0.215. The molecule has 0 unspecified atom stereocenters. The van der Waals surface area contributed by atoms with Crippen molar-refractivity contribution in [2.24, 2.45) is 11.8 Å². The molecule has 2 aromatic carbocycles. The fourth-order valence-corrected chi connectivity index (χ4v) is 11.8. The Morgan fingerprint density at radius 2 is 1.40 bits per heavy atom. The van der Waals surface area contributed by atoms with Crippen molar-refractivity contribution in [2.75, 3.05) is 0 Å². The van der Waals surface area contributed by atoms with E-state index in [-0.39, 0.29) is 0 Å². The first-order chi connectivity index (χ1) is 14.7. The molecule has 0 atom stereocenters. The number of hydrogen-bond acceptors (Lipinski definition) is 1. The van der Waals surface area contributed by atoms with E-state index in [1.54, 1.807) is 5.19 Å². The van der Waals surface area contributed by atoms with Gasteiger partial charge in [-0.3, -0.25) is 0 Å². The largest absolute Gasteiger partial charge is 0.508 e. The van der Waals surface area contributed by atoms with Crippen molar-refractivity contribution >= 4 is 13.3 Å². The van der Waals surface area contributed by atoms with Crippen LogP contribution in [0.15, 0.2) is 54.6 Å². The molecule has 1 aliphatic carbocycles. The van der Waals surface area contributed by atoms with Crippen LogP contribution in [0.2, 0.25) is 18.1 Å². The van der Waals surface area contributed by atoms with Crippen LogP contribution in [0.5, 0.6) is 5.75 Å². The standard InChI is InChI=1S/C28H40OSi/c1-2-3-7-20-30(28-8-5-4-6-9-28)21-18-26(19-22-30)24-12-10-23(11-13-24)25-14-16-27(29)17-15-25/h4-6,8-9,14-17,23-24,26,29H,2-3,7,10-13,18-22H2,1H3/t23?,24?,26-,30-. The van der Waals surface area contributed by atoms with Crippen molar-refractivity contribution in [1.82, 2.24) is 0 Å². The van der Waals surface area contributed by atoms with Crippen LogP contribution in [-0.4, -0.2) is 13.2 Å². The molecule has 2 heteroatoms. The van der Waals surface area contributed by atoms with Gasteiger partial charge in [0, 0.05) is 0 Å². The van der Waals surface area contributed by atoms with Gasteiger partial charge in [-0.05, 0) is 61.1 Å². The van der Waals surface area contributed by atoms with Gasteiger partial charge in [-0.25, -0.2) is 0 Å². The molecule has 2 aromatic rings. The molecule has 162 valence electrons. The zero-order valence-corrected chi connectivity index (χ0v) is 19.9. The second-order valence-corrected chi connectivity index (χ2v) is 14.8. The molecule has 2 fully saturated rings. The summed E-state index contributed by atoms with van der Waals surface area (Å²) in [6.45, 7) is 2.34. The Bertz CT molecular complexity index is 753. The summed E-state index contributed by atoms with van der Waals surface area (Å²) in [6.07, 6.45) is 12.7. The molecule has 1 nitrogen and oxygen atoms in total. The van der Waals surface area contributed by atoms with E-state index in [9.17, 15) is 5.11 Å². The number of benzene rings is 2. The van der Waals surface area contributed by atoms with Gasteiger partial charge in [0.2, 0.25) is 0 Å². The summed E-state index contributed by atoms with van der Waals surface area (Å²) in [6, 6.07) is 24.2. The zero-order chi connectivity index (χ0) is 20.8. The lowest BCUT2D eigenvalue weighted by Gasteiger charge is -2.43. The second kappa shape index (κ2) is 10.2. The Hall–Kier alpha value is -1.54. The van der Waals surface area contributed by atoms with Gasteiger partial charge in [0.1, 0.15) is 5.75 Å². The maximum atomic E-state index is 9.56. The van der Waals surface area contributed by atoms with Gasteiger partial charge in [-0.1, -0.05) is 105 Å². The second-order valence-electron chi connectivity index (χ2n) is 10.1. The summed E-state index contributed by atoms with van der Waals surface area (Å²) in [4.78, 5) is 0. The molecule has 1 heterocycles. The summed E-state index contributed by atoms with van der Waals surface area (Å²) >= 11 is 0. The first-order valence-corrected chi connectivity index (χ1v) is 15.2. The normalized spacial score (nSPS) is 29.6. The van der Waals surface area contributed by atoms with Crippen molar-refractivity contribution in [3.8, 4) is 5.75 Å². The molecule has 0 amide bonds. The topological polar surface area (TPSA) is 20.2 Å². The fourth-order valence-electron chi connectivity index (χ4n) is 6.52. The maximum absolute atomic E-state index is 9.56. The molecule has 0 bridgehead atoms. The fraction of sp³-hybridized carbons (Fsp3) is 0.571.